The standard InChI is InChI=1S/C14H25NS/c1-2-13(15)9-16-14-6-10-3-11(7-14)5-12(4-10)8-14/h10-13H,2-9,15H2,1H3. The van der Waals surface area contributed by atoms with Gasteiger partial charge in [0.1, 0.15) is 0 Å². The maximum absolute atomic E-state index is 6.08. The minimum absolute atomic E-state index is 0.429. The van der Waals surface area contributed by atoms with Gasteiger partial charge in [0.25, 0.3) is 0 Å². The summed E-state index contributed by atoms with van der Waals surface area (Å²) in [6, 6.07) is 0.429. The quantitative estimate of drug-likeness (QED) is 0.813. The van der Waals surface area contributed by atoms with Crippen LogP contribution in [0, 0.1) is 17.8 Å². The third-order valence-electron chi connectivity index (χ3n) is 5.11. The first-order chi connectivity index (χ1) is 7.69. The maximum Gasteiger partial charge on any atom is 0.0168 e. The van der Waals surface area contributed by atoms with E-state index < -0.39 is 0 Å². The van der Waals surface area contributed by atoms with Crippen LogP contribution in [0.4, 0.5) is 0 Å². The minimum atomic E-state index is 0.429. The first-order valence-corrected chi connectivity index (χ1v) is 8.07. The van der Waals surface area contributed by atoms with Crippen molar-refractivity contribution < 1.29 is 0 Å². The van der Waals surface area contributed by atoms with Crippen LogP contribution in [0.2, 0.25) is 0 Å². The van der Waals surface area contributed by atoms with Crippen molar-refractivity contribution in [1.82, 2.24) is 0 Å². The maximum atomic E-state index is 6.08. The summed E-state index contributed by atoms with van der Waals surface area (Å²) >= 11 is 2.24. The molecule has 0 aromatic carbocycles. The molecule has 0 heterocycles. The highest BCUT2D eigenvalue weighted by atomic mass is 32.2. The largest absolute Gasteiger partial charge is 0.327 e. The molecule has 92 valence electrons. The Hall–Kier alpha value is 0.310. The van der Waals surface area contributed by atoms with Crippen molar-refractivity contribution in [3.8, 4) is 0 Å². The van der Waals surface area contributed by atoms with E-state index in [1.54, 1.807) is 19.3 Å². The van der Waals surface area contributed by atoms with Crippen LogP contribution in [0.1, 0.15) is 51.9 Å². The third kappa shape index (κ3) is 2.03. The second-order valence-electron chi connectivity index (χ2n) is 6.58. The van der Waals surface area contributed by atoms with Gasteiger partial charge in [-0.15, -0.1) is 0 Å². The fourth-order valence-electron chi connectivity index (χ4n) is 4.61. The fraction of sp³-hybridized carbons (Fsp3) is 1.00. The van der Waals surface area contributed by atoms with Gasteiger partial charge in [-0.1, -0.05) is 6.92 Å². The van der Waals surface area contributed by atoms with Crippen molar-refractivity contribution >= 4 is 11.8 Å². The predicted molar refractivity (Wildman–Crippen MR) is 71.6 cm³/mol. The molecule has 0 aromatic heterocycles. The van der Waals surface area contributed by atoms with Gasteiger partial charge in [0.15, 0.2) is 0 Å². The Morgan fingerprint density at radius 1 is 1.12 bits per heavy atom. The molecule has 1 unspecified atom stereocenters. The van der Waals surface area contributed by atoms with Crippen molar-refractivity contribution in [1.29, 1.82) is 0 Å². The van der Waals surface area contributed by atoms with Crippen LogP contribution in [0.3, 0.4) is 0 Å². The molecule has 0 aliphatic heterocycles. The van der Waals surface area contributed by atoms with Crippen molar-refractivity contribution in [3.63, 3.8) is 0 Å². The molecule has 4 saturated carbocycles. The molecule has 0 aromatic rings. The summed E-state index contributed by atoms with van der Waals surface area (Å²) in [7, 11) is 0. The highest BCUT2D eigenvalue weighted by molar-refractivity contribution is 8.00. The van der Waals surface area contributed by atoms with Crippen LogP contribution >= 0.6 is 11.8 Å². The summed E-state index contributed by atoms with van der Waals surface area (Å²) in [4.78, 5) is 0. The van der Waals surface area contributed by atoms with Crippen LogP contribution in [0.5, 0.6) is 0 Å². The lowest BCUT2D eigenvalue weighted by Gasteiger charge is -2.56. The molecule has 4 aliphatic rings. The summed E-state index contributed by atoms with van der Waals surface area (Å²) in [5.41, 5.74) is 6.08. The molecule has 0 amide bonds. The molecule has 0 saturated heterocycles. The van der Waals surface area contributed by atoms with Crippen molar-refractivity contribution in [2.24, 2.45) is 23.5 Å². The van der Waals surface area contributed by atoms with E-state index in [4.69, 9.17) is 5.73 Å². The molecule has 1 nitrogen and oxygen atoms in total. The van der Waals surface area contributed by atoms with Gasteiger partial charge in [-0.25, -0.2) is 0 Å². The van der Waals surface area contributed by atoms with E-state index in [0.29, 0.717) is 10.8 Å². The minimum Gasteiger partial charge on any atom is -0.327 e. The molecule has 2 N–H and O–H groups in total. The lowest BCUT2D eigenvalue weighted by molar-refractivity contribution is 0.0383. The van der Waals surface area contributed by atoms with Crippen molar-refractivity contribution in [2.45, 2.75) is 62.7 Å². The summed E-state index contributed by atoms with van der Waals surface area (Å²) < 4.78 is 0.668. The zero-order chi connectivity index (χ0) is 11.2. The Morgan fingerprint density at radius 2 is 1.62 bits per heavy atom. The fourth-order valence-corrected chi connectivity index (χ4v) is 6.47. The number of nitrogens with two attached hydrogens (primary N) is 1. The van der Waals surface area contributed by atoms with E-state index in [0.717, 1.165) is 24.2 Å². The van der Waals surface area contributed by atoms with Crippen LogP contribution in [0.15, 0.2) is 0 Å². The zero-order valence-corrected chi connectivity index (χ0v) is 11.3. The molecule has 0 radical (unpaired) electrons. The molecule has 2 heteroatoms. The number of thioether (sulfide) groups is 1. The summed E-state index contributed by atoms with van der Waals surface area (Å²) in [6.07, 6.45) is 10.3. The van der Waals surface area contributed by atoms with E-state index in [9.17, 15) is 0 Å². The molecular formula is C14H25NS. The number of rotatable bonds is 4. The van der Waals surface area contributed by atoms with Crippen LogP contribution in [0.25, 0.3) is 0 Å². The molecular weight excluding hydrogens is 214 g/mol. The normalized spacial score (nSPS) is 47.2. The molecule has 4 bridgehead atoms. The van der Waals surface area contributed by atoms with E-state index in [1.165, 1.54) is 25.0 Å². The summed E-state index contributed by atoms with van der Waals surface area (Å²) in [5.74, 6) is 4.44. The second kappa shape index (κ2) is 4.20. The van der Waals surface area contributed by atoms with E-state index >= 15 is 0 Å². The Labute approximate surface area is 104 Å². The van der Waals surface area contributed by atoms with Gasteiger partial charge in [0.05, 0.1) is 0 Å². The molecule has 1 atom stereocenters. The summed E-state index contributed by atoms with van der Waals surface area (Å²) in [6.45, 7) is 2.21. The predicted octanol–water partition coefficient (Wildman–Crippen LogP) is 3.43. The zero-order valence-electron chi connectivity index (χ0n) is 10.5. The average molecular weight is 239 g/mol. The van der Waals surface area contributed by atoms with Crippen LogP contribution in [-0.2, 0) is 0 Å². The Morgan fingerprint density at radius 3 is 2.06 bits per heavy atom. The van der Waals surface area contributed by atoms with E-state index in [1.807, 2.05) is 0 Å². The number of hydrogen-bond acceptors (Lipinski definition) is 2. The van der Waals surface area contributed by atoms with Gasteiger partial charge in [-0.05, 0) is 62.7 Å². The Bertz CT molecular complexity index is 228. The lowest BCUT2D eigenvalue weighted by atomic mass is 9.56. The molecule has 4 aliphatic carbocycles. The van der Waals surface area contributed by atoms with Crippen molar-refractivity contribution in [3.05, 3.63) is 0 Å². The van der Waals surface area contributed by atoms with Gasteiger partial charge in [0.2, 0.25) is 0 Å². The second-order valence-corrected chi connectivity index (χ2v) is 8.07. The lowest BCUT2D eigenvalue weighted by Crippen LogP contribution is -2.49. The topological polar surface area (TPSA) is 26.0 Å². The first kappa shape index (κ1) is 11.4. The van der Waals surface area contributed by atoms with Gasteiger partial charge in [-0.3, -0.25) is 0 Å². The highest BCUT2D eigenvalue weighted by Crippen LogP contribution is 2.60. The smallest absolute Gasteiger partial charge is 0.0168 e. The third-order valence-corrected chi connectivity index (χ3v) is 6.82. The Balaban J connectivity index is 1.64. The van der Waals surface area contributed by atoms with Gasteiger partial charge >= 0.3 is 0 Å². The Kier molecular flexibility index (Phi) is 3.00. The van der Waals surface area contributed by atoms with E-state index in [-0.39, 0.29) is 0 Å². The van der Waals surface area contributed by atoms with Gasteiger partial charge < -0.3 is 5.73 Å². The molecule has 16 heavy (non-hydrogen) atoms. The number of hydrogen-bond donors (Lipinski definition) is 1. The summed E-state index contributed by atoms with van der Waals surface area (Å²) in [5, 5.41) is 0. The van der Waals surface area contributed by atoms with Gasteiger partial charge in [-0.2, -0.15) is 11.8 Å². The van der Waals surface area contributed by atoms with E-state index in [2.05, 4.69) is 18.7 Å². The van der Waals surface area contributed by atoms with Crippen LogP contribution in [-0.4, -0.2) is 16.5 Å². The highest BCUT2D eigenvalue weighted by Gasteiger charge is 2.50. The van der Waals surface area contributed by atoms with Crippen molar-refractivity contribution in [2.75, 3.05) is 5.75 Å². The SMILES string of the molecule is CCC(N)CSC12CC3CC(CC(C3)C1)C2. The molecule has 0 spiro atoms. The average Bonchev–Trinajstić information content (AvgIpc) is 2.24. The molecule has 4 rings (SSSR count). The van der Waals surface area contributed by atoms with Gasteiger partial charge in [0, 0.05) is 16.5 Å². The first-order valence-electron chi connectivity index (χ1n) is 7.08. The molecule has 4 fully saturated rings. The van der Waals surface area contributed by atoms with Crippen LogP contribution < -0.4 is 5.73 Å². The monoisotopic (exact) mass is 239 g/mol.